The van der Waals surface area contributed by atoms with Gasteiger partial charge in [0.2, 0.25) is 0 Å². The number of aromatic amines is 1. The molecule has 0 aromatic carbocycles. The predicted octanol–water partition coefficient (Wildman–Crippen LogP) is 0.300. The molecule has 1 aromatic rings. The molecule has 0 radical (unpaired) electrons. The van der Waals surface area contributed by atoms with Gasteiger partial charge < -0.3 is 4.42 Å². The third-order valence-corrected chi connectivity index (χ3v) is 0.641. The molecule has 0 saturated heterocycles. The molecular formula is C3H2F2N2O2. The Balaban J connectivity index is 2.98. The van der Waals surface area contributed by atoms with E-state index in [1.165, 1.54) is 0 Å². The first kappa shape index (κ1) is 5.93. The Morgan fingerprint density at radius 3 is 2.56 bits per heavy atom. The molecule has 0 spiro atoms. The van der Waals surface area contributed by atoms with Crippen molar-refractivity contribution < 1.29 is 13.2 Å². The fraction of sp³-hybridized carbons (Fsp3) is 0.333. The number of hydrogen-bond acceptors (Lipinski definition) is 3. The van der Waals surface area contributed by atoms with Gasteiger partial charge in [0.15, 0.2) is 0 Å². The van der Waals surface area contributed by atoms with E-state index < -0.39 is 18.1 Å². The molecular weight excluding hydrogens is 134 g/mol. The van der Waals surface area contributed by atoms with Crippen molar-refractivity contribution in [2.75, 3.05) is 0 Å². The van der Waals surface area contributed by atoms with E-state index in [4.69, 9.17) is 0 Å². The van der Waals surface area contributed by atoms with Crippen LogP contribution in [0.2, 0.25) is 0 Å². The summed E-state index contributed by atoms with van der Waals surface area (Å²) in [6, 6.07) is 0. The third-order valence-electron chi connectivity index (χ3n) is 0.641. The summed E-state index contributed by atoms with van der Waals surface area (Å²) in [5, 5.41) is 4.56. The van der Waals surface area contributed by atoms with Gasteiger partial charge in [-0.1, -0.05) is 0 Å². The Kier molecular flexibility index (Phi) is 1.29. The quantitative estimate of drug-likeness (QED) is 0.604. The van der Waals surface area contributed by atoms with Crippen LogP contribution < -0.4 is 5.76 Å². The summed E-state index contributed by atoms with van der Waals surface area (Å²) in [5.41, 5.74) is 0. The van der Waals surface area contributed by atoms with E-state index in [2.05, 4.69) is 9.52 Å². The van der Waals surface area contributed by atoms with Crippen LogP contribution in [0.25, 0.3) is 0 Å². The van der Waals surface area contributed by atoms with Gasteiger partial charge in [0.1, 0.15) is 0 Å². The van der Waals surface area contributed by atoms with Gasteiger partial charge in [-0.05, 0) is 0 Å². The normalized spacial score (nSPS) is 10.6. The van der Waals surface area contributed by atoms with Crippen molar-refractivity contribution in [1.82, 2.24) is 10.2 Å². The van der Waals surface area contributed by atoms with Gasteiger partial charge in [-0.3, -0.25) is 0 Å². The van der Waals surface area contributed by atoms with E-state index in [0.717, 1.165) is 0 Å². The number of hydrogen-bond donors (Lipinski definition) is 1. The third kappa shape index (κ3) is 1.13. The Bertz CT molecular complexity index is 240. The molecule has 50 valence electrons. The van der Waals surface area contributed by atoms with Crippen LogP contribution in [0.15, 0.2) is 9.21 Å². The Morgan fingerprint density at radius 2 is 2.33 bits per heavy atom. The largest absolute Gasteiger partial charge is 0.434 e. The molecule has 0 aliphatic rings. The van der Waals surface area contributed by atoms with Gasteiger partial charge in [-0.2, -0.15) is 8.78 Å². The highest BCUT2D eigenvalue weighted by Gasteiger charge is 2.12. The molecule has 0 unspecified atom stereocenters. The lowest BCUT2D eigenvalue weighted by Crippen LogP contribution is -1.93. The van der Waals surface area contributed by atoms with Crippen LogP contribution in [0.5, 0.6) is 0 Å². The second-order valence-corrected chi connectivity index (χ2v) is 1.25. The van der Waals surface area contributed by atoms with Crippen molar-refractivity contribution in [3.05, 3.63) is 16.4 Å². The van der Waals surface area contributed by atoms with Crippen LogP contribution in [-0.4, -0.2) is 10.2 Å². The monoisotopic (exact) mass is 136 g/mol. The van der Waals surface area contributed by atoms with Crippen molar-refractivity contribution in [1.29, 1.82) is 0 Å². The highest BCUT2D eigenvalue weighted by molar-refractivity contribution is 4.72. The molecule has 0 bridgehead atoms. The molecule has 1 aromatic heterocycles. The zero-order valence-corrected chi connectivity index (χ0v) is 4.10. The topological polar surface area (TPSA) is 58.9 Å². The van der Waals surface area contributed by atoms with Gasteiger partial charge in [0.05, 0.1) is 0 Å². The molecule has 4 nitrogen and oxygen atoms in total. The summed E-state index contributed by atoms with van der Waals surface area (Å²) in [4.78, 5) is 9.98. The lowest BCUT2D eigenvalue weighted by Gasteiger charge is -1.83. The molecule has 0 amide bonds. The van der Waals surface area contributed by atoms with Crippen LogP contribution in [0.4, 0.5) is 8.78 Å². The molecule has 1 N–H and O–H groups in total. The van der Waals surface area contributed by atoms with E-state index in [9.17, 15) is 13.6 Å². The highest BCUT2D eigenvalue weighted by atomic mass is 19.3. The number of rotatable bonds is 1. The number of alkyl halides is 2. The lowest BCUT2D eigenvalue weighted by molar-refractivity contribution is 0.113. The molecule has 0 fully saturated rings. The van der Waals surface area contributed by atoms with Crippen LogP contribution >= 0.6 is 0 Å². The smallest absolute Gasteiger partial charge is 0.386 e. The van der Waals surface area contributed by atoms with Gasteiger partial charge in [-0.25, -0.2) is 9.89 Å². The zero-order valence-electron chi connectivity index (χ0n) is 4.10. The summed E-state index contributed by atoms with van der Waals surface area (Å²) >= 11 is 0. The van der Waals surface area contributed by atoms with E-state index in [1.807, 2.05) is 0 Å². The van der Waals surface area contributed by atoms with Crippen molar-refractivity contribution in [2.24, 2.45) is 0 Å². The number of halogens is 2. The number of aromatic nitrogens is 2. The maximum absolute atomic E-state index is 11.5. The first-order chi connectivity index (χ1) is 4.20. The molecule has 0 aliphatic heterocycles. The molecule has 1 rings (SSSR count). The Hall–Kier alpha value is -1.20. The average molecular weight is 136 g/mol. The van der Waals surface area contributed by atoms with Gasteiger partial charge in [-0.15, -0.1) is 5.10 Å². The van der Waals surface area contributed by atoms with E-state index in [1.54, 1.807) is 5.10 Å². The molecule has 9 heavy (non-hydrogen) atoms. The van der Waals surface area contributed by atoms with Crippen LogP contribution in [-0.2, 0) is 0 Å². The zero-order chi connectivity index (χ0) is 6.85. The fourth-order valence-corrected chi connectivity index (χ4v) is 0.335. The number of nitrogens with one attached hydrogen (secondary N) is 1. The summed E-state index contributed by atoms with van der Waals surface area (Å²) in [6.45, 7) is 0. The van der Waals surface area contributed by atoms with Gasteiger partial charge in [0.25, 0.3) is 5.89 Å². The predicted molar refractivity (Wildman–Crippen MR) is 22.1 cm³/mol. The minimum Gasteiger partial charge on any atom is -0.386 e. The number of nitrogens with zero attached hydrogens (tertiary/aromatic N) is 1. The molecule has 0 atom stereocenters. The maximum Gasteiger partial charge on any atom is 0.434 e. The van der Waals surface area contributed by atoms with Gasteiger partial charge >= 0.3 is 12.2 Å². The minimum atomic E-state index is -2.83. The molecule has 6 heteroatoms. The van der Waals surface area contributed by atoms with Crippen LogP contribution in [0, 0.1) is 0 Å². The summed E-state index contributed by atoms with van der Waals surface area (Å²) in [5.74, 6) is -1.84. The SMILES string of the molecule is O=c1[nH]nc(C(F)F)o1. The highest BCUT2D eigenvalue weighted by Crippen LogP contribution is 2.12. The second kappa shape index (κ2) is 1.96. The summed E-state index contributed by atoms with van der Waals surface area (Å²) in [7, 11) is 0. The second-order valence-electron chi connectivity index (χ2n) is 1.25. The molecule has 1 heterocycles. The van der Waals surface area contributed by atoms with E-state index in [0.29, 0.717) is 0 Å². The van der Waals surface area contributed by atoms with Gasteiger partial charge in [0, 0.05) is 0 Å². The van der Waals surface area contributed by atoms with Crippen molar-refractivity contribution in [2.45, 2.75) is 6.43 Å². The minimum absolute atomic E-state index is 0.875. The average Bonchev–Trinajstić information content (AvgIpc) is 2.14. The first-order valence-electron chi connectivity index (χ1n) is 2.03. The molecule has 0 aliphatic carbocycles. The van der Waals surface area contributed by atoms with Crippen molar-refractivity contribution in [3.63, 3.8) is 0 Å². The Morgan fingerprint density at radius 1 is 1.67 bits per heavy atom. The standard InChI is InChI=1S/C3H2F2N2O2/c4-1(5)2-6-7-3(8)9-2/h1H,(H,7,8). The van der Waals surface area contributed by atoms with Crippen LogP contribution in [0.3, 0.4) is 0 Å². The molecule has 0 saturated carbocycles. The van der Waals surface area contributed by atoms with Crippen molar-refractivity contribution >= 4 is 0 Å². The van der Waals surface area contributed by atoms with E-state index >= 15 is 0 Å². The maximum atomic E-state index is 11.5. The first-order valence-corrected chi connectivity index (χ1v) is 2.03. The number of H-pyrrole nitrogens is 1. The van der Waals surface area contributed by atoms with E-state index in [-0.39, 0.29) is 0 Å². The van der Waals surface area contributed by atoms with Crippen molar-refractivity contribution in [3.8, 4) is 0 Å². The summed E-state index contributed by atoms with van der Waals surface area (Å²) in [6.07, 6.45) is -2.83. The fourth-order valence-electron chi connectivity index (χ4n) is 0.335. The van der Waals surface area contributed by atoms with Crippen LogP contribution in [0.1, 0.15) is 12.3 Å². The Labute approximate surface area is 47.5 Å². The lowest BCUT2D eigenvalue weighted by atomic mass is 10.7. The summed E-state index contributed by atoms with van der Waals surface area (Å²) < 4.78 is 26.8.